The van der Waals surface area contributed by atoms with E-state index in [-0.39, 0.29) is 22.6 Å². The summed E-state index contributed by atoms with van der Waals surface area (Å²) >= 11 is 2.29. The molecule has 20 nitrogen and oxygen atoms in total. The van der Waals surface area contributed by atoms with Crippen LogP contribution in [0.4, 0.5) is 9.52 Å². The third-order valence-electron chi connectivity index (χ3n) is 10.3. The number of anilines is 1. The van der Waals surface area contributed by atoms with Gasteiger partial charge in [0.1, 0.15) is 24.0 Å². The van der Waals surface area contributed by atoms with Gasteiger partial charge in [-0.25, -0.2) is 13.9 Å². The van der Waals surface area contributed by atoms with E-state index in [4.69, 9.17) is 15.3 Å². The van der Waals surface area contributed by atoms with Gasteiger partial charge in [0.15, 0.2) is 28.3 Å². The number of carbonyl (C=O) groups is 4. The Bertz CT molecular complexity index is 2120. The third-order valence-corrected chi connectivity index (χ3v) is 12.2. The van der Waals surface area contributed by atoms with Crippen molar-refractivity contribution >= 4 is 63.5 Å². The molecule has 6 heterocycles. The van der Waals surface area contributed by atoms with Crippen LogP contribution in [0.15, 0.2) is 22.9 Å². The minimum absolute atomic E-state index is 0.0407. The van der Waals surface area contributed by atoms with Gasteiger partial charge in [0.25, 0.3) is 17.7 Å². The average Bonchev–Trinajstić information content (AvgIpc) is 3.91. The fourth-order valence-electron chi connectivity index (χ4n) is 7.48. The maximum atomic E-state index is 14.2. The SMILES string of the molecule is COC(=O)C(C)(C)O/N=C(\C(=O)N[C@@H]1C(=O)N2C(c3nnnn3C)=C(C[N@+]34CCC[C@H]3CN(C(=O)c3cc(O)c(O)c(F)c3)CC4)CS[C@H]12)c1nsc(N)n1. The lowest BCUT2D eigenvalue weighted by Gasteiger charge is -2.52. The largest absolute Gasteiger partial charge is 0.504 e. The number of methoxy groups -OCH3 is 1. The summed E-state index contributed by atoms with van der Waals surface area (Å²) in [5, 5.41) is 37.8. The molecular formula is C32H38FN12O8S2+. The third kappa shape index (κ3) is 6.79. The number of hydrogen-bond acceptors (Lipinski definition) is 17. The molecular weight excluding hydrogens is 764 g/mol. The average molecular weight is 802 g/mol. The number of carbonyl (C=O) groups excluding carboxylic acids is 4. The molecule has 4 aliphatic rings. The first-order valence-corrected chi connectivity index (χ1v) is 19.0. The molecule has 5 N–H and O–H groups in total. The normalized spacial score (nSPS) is 23.9. The first-order valence-electron chi connectivity index (χ1n) is 17.1. The maximum Gasteiger partial charge on any atom is 0.352 e. The van der Waals surface area contributed by atoms with Crippen LogP contribution in [0.2, 0.25) is 0 Å². The summed E-state index contributed by atoms with van der Waals surface area (Å²) in [6.45, 7) is 5.54. The van der Waals surface area contributed by atoms with Crippen LogP contribution in [-0.4, -0.2) is 152 Å². The molecule has 0 saturated carbocycles. The minimum Gasteiger partial charge on any atom is -0.504 e. The van der Waals surface area contributed by atoms with Gasteiger partial charge in [-0.2, -0.15) is 9.36 Å². The number of β-lactam (4-membered cyclic amide) rings is 1. The molecule has 0 spiro atoms. The highest BCUT2D eigenvalue weighted by Gasteiger charge is 2.56. The van der Waals surface area contributed by atoms with E-state index in [2.05, 4.69) is 35.4 Å². The Morgan fingerprint density at radius 2 is 2.02 bits per heavy atom. The molecule has 3 fully saturated rings. The lowest BCUT2D eigenvalue weighted by molar-refractivity contribution is -0.938. The van der Waals surface area contributed by atoms with Crippen molar-refractivity contribution in [3.8, 4) is 11.5 Å². The first-order chi connectivity index (χ1) is 26.1. The van der Waals surface area contributed by atoms with E-state index in [1.54, 1.807) is 16.8 Å². The molecule has 1 aromatic carbocycles. The minimum atomic E-state index is -1.57. The van der Waals surface area contributed by atoms with Crippen LogP contribution in [0.3, 0.4) is 0 Å². The Morgan fingerprint density at radius 1 is 1.24 bits per heavy atom. The van der Waals surface area contributed by atoms with Gasteiger partial charge in [0, 0.05) is 48.3 Å². The Balaban J connectivity index is 1.12. The number of benzene rings is 1. The number of nitrogens with one attached hydrogen (secondary N) is 1. The fourth-order valence-corrected chi connectivity index (χ4v) is 9.25. The number of nitrogens with two attached hydrogens (primary N) is 1. The van der Waals surface area contributed by atoms with Crippen LogP contribution in [0, 0.1) is 5.82 Å². The van der Waals surface area contributed by atoms with Gasteiger partial charge in [-0.05, 0) is 36.4 Å². The molecule has 4 atom stereocenters. The maximum absolute atomic E-state index is 14.2. The number of rotatable bonds is 10. The van der Waals surface area contributed by atoms with Gasteiger partial charge in [0.2, 0.25) is 17.1 Å². The van der Waals surface area contributed by atoms with Gasteiger partial charge in [-0.3, -0.25) is 19.3 Å². The number of halogens is 1. The molecule has 0 aliphatic carbocycles. The summed E-state index contributed by atoms with van der Waals surface area (Å²) in [4.78, 5) is 66.0. The zero-order valence-corrected chi connectivity index (χ0v) is 31.8. The van der Waals surface area contributed by atoms with Gasteiger partial charge in [-0.1, -0.05) is 5.16 Å². The molecule has 3 amide bonds. The molecule has 7 rings (SSSR count). The van der Waals surface area contributed by atoms with E-state index in [0.717, 1.165) is 48.6 Å². The number of oxime groups is 1. The molecule has 0 radical (unpaired) electrons. The number of ether oxygens (including phenoxy) is 1. The van der Waals surface area contributed by atoms with Crippen molar-refractivity contribution in [2.45, 2.75) is 49.7 Å². The second kappa shape index (κ2) is 14.3. The molecule has 4 aliphatic heterocycles. The van der Waals surface area contributed by atoms with E-state index in [1.807, 2.05) is 0 Å². The van der Waals surface area contributed by atoms with Gasteiger partial charge >= 0.3 is 5.97 Å². The van der Waals surface area contributed by atoms with Gasteiger partial charge < -0.3 is 40.2 Å². The molecule has 2 aromatic heterocycles. The molecule has 55 heavy (non-hydrogen) atoms. The van der Waals surface area contributed by atoms with Crippen LogP contribution in [-0.2, 0) is 31.0 Å². The standard InChI is InChI=1S/C32H37FN12O8S2/c1-32(2,30(51)52-4)53-38-20(24-36-31(34)55-39-24)26(48)35-21-28(50)44-22(25-37-40-41-42(25)3)16(14-54-29(21)44)13-45-8-5-6-17(45)12-43(7-9-45)27(49)15-10-18(33)23(47)19(46)11-15/h10-11,17,21,29H,5-9,12-14H2,1-4H3,(H4-,34,35,36,38,39,40,41,46,47,48,49)/p+1/t17-,21+,29+,45+/m0/s1. The Kier molecular flexibility index (Phi) is 9.87. The summed E-state index contributed by atoms with van der Waals surface area (Å²) in [5.74, 6) is -4.43. The van der Waals surface area contributed by atoms with Crippen molar-refractivity contribution in [2.75, 3.05) is 51.3 Å². The van der Waals surface area contributed by atoms with Crippen LogP contribution in [0.5, 0.6) is 11.5 Å². The highest BCUT2D eigenvalue weighted by Crippen LogP contribution is 2.45. The molecule has 292 valence electrons. The van der Waals surface area contributed by atoms with Crippen molar-refractivity contribution < 1.29 is 47.8 Å². The van der Waals surface area contributed by atoms with E-state index in [0.29, 0.717) is 47.9 Å². The Morgan fingerprint density at radius 3 is 2.69 bits per heavy atom. The number of phenols is 2. The second-order valence-electron chi connectivity index (χ2n) is 14.1. The zero-order valence-electron chi connectivity index (χ0n) is 30.1. The quantitative estimate of drug-likeness (QED) is 0.0518. The number of phenolic OH excluding ortho intramolecular Hbond substituents is 2. The summed E-state index contributed by atoms with van der Waals surface area (Å²) in [6.07, 6.45) is 1.75. The topological polar surface area (TPSA) is 253 Å². The Hall–Kier alpha value is -5.42. The number of aromatic nitrogens is 6. The zero-order chi connectivity index (χ0) is 39.4. The number of thioether (sulfide) groups is 1. The molecule has 0 unspecified atom stereocenters. The van der Waals surface area contributed by atoms with Crippen molar-refractivity contribution in [3.63, 3.8) is 0 Å². The van der Waals surface area contributed by atoms with Crippen LogP contribution in [0.25, 0.3) is 5.70 Å². The Labute approximate surface area is 320 Å². The fraction of sp³-hybridized carbons (Fsp3) is 0.500. The first kappa shape index (κ1) is 37.9. The smallest absolute Gasteiger partial charge is 0.352 e. The van der Waals surface area contributed by atoms with Crippen molar-refractivity contribution in [2.24, 2.45) is 12.2 Å². The predicted octanol–water partition coefficient (Wildman–Crippen LogP) is -0.187. The number of quaternary nitrogens is 1. The number of nitrogen functional groups attached to an aromatic ring is 1. The number of fused-ring (bicyclic) bond motifs is 2. The number of aryl methyl sites for hydroxylation is 1. The molecule has 3 aromatic rings. The van der Waals surface area contributed by atoms with Gasteiger partial charge in [0.05, 0.1) is 39.0 Å². The van der Waals surface area contributed by atoms with E-state index in [9.17, 15) is 33.8 Å². The van der Waals surface area contributed by atoms with E-state index in [1.165, 1.54) is 37.4 Å². The number of aromatic hydroxyl groups is 2. The summed E-state index contributed by atoms with van der Waals surface area (Å²) in [6, 6.07) is 1.03. The second-order valence-corrected chi connectivity index (χ2v) is 16.0. The molecule has 3 saturated heterocycles. The van der Waals surface area contributed by atoms with Crippen molar-refractivity contribution in [1.29, 1.82) is 0 Å². The number of piperazine rings is 1. The molecule has 23 heteroatoms. The highest BCUT2D eigenvalue weighted by atomic mass is 32.2. The number of amides is 3. The highest BCUT2D eigenvalue weighted by molar-refractivity contribution is 8.00. The van der Waals surface area contributed by atoms with Crippen molar-refractivity contribution in [1.82, 2.24) is 44.7 Å². The predicted molar refractivity (Wildman–Crippen MR) is 192 cm³/mol. The van der Waals surface area contributed by atoms with Crippen molar-refractivity contribution in [3.05, 3.63) is 40.7 Å². The lowest BCUT2D eigenvalue weighted by atomic mass is 10.00. The lowest BCUT2D eigenvalue weighted by Crippen LogP contribution is -2.70. The number of nitrogens with zero attached hydrogens (tertiary/aromatic N) is 10. The van der Waals surface area contributed by atoms with E-state index >= 15 is 0 Å². The van der Waals surface area contributed by atoms with Crippen LogP contribution >= 0.6 is 23.3 Å². The number of esters is 1. The van der Waals surface area contributed by atoms with Gasteiger partial charge in [-0.15, -0.1) is 16.9 Å². The summed E-state index contributed by atoms with van der Waals surface area (Å²) < 4.78 is 25.1. The van der Waals surface area contributed by atoms with Crippen LogP contribution in [0.1, 0.15) is 48.7 Å². The number of hydrogen-bond donors (Lipinski definition) is 4. The van der Waals surface area contributed by atoms with E-state index < -0.39 is 63.7 Å². The number of tetrazole rings is 1. The van der Waals surface area contributed by atoms with Crippen LogP contribution < -0.4 is 11.1 Å². The summed E-state index contributed by atoms with van der Waals surface area (Å²) in [7, 11) is 2.86. The monoisotopic (exact) mass is 801 g/mol. The summed E-state index contributed by atoms with van der Waals surface area (Å²) in [5.41, 5.74) is 5.23. The molecule has 0 bridgehead atoms.